The highest BCUT2D eigenvalue weighted by Gasteiger charge is 2.32. The molecule has 32 heavy (non-hydrogen) atoms. The van der Waals surface area contributed by atoms with Crippen molar-refractivity contribution in [2.75, 3.05) is 26.2 Å². The minimum absolute atomic E-state index is 0.0465. The van der Waals surface area contributed by atoms with Crippen molar-refractivity contribution in [2.24, 2.45) is 0 Å². The van der Waals surface area contributed by atoms with E-state index < -0.39 is 6.09 Å². The molecule has 0 unspecified atom stereocenters. The Balaban J connectivity index is 1.42. The molecular weight excluding hydrogens is 412 g/mol. The number of pyridine rings is 1. The first kappa shape index (κ1) is 20.1. The molecule has 5 rings (SSSR count). The number of aryl methyl sites for hydroxylation is 1. The Morgan fingerprint density at radius 2 is 2.00 bits per heavy atom. The van der Waals surface area contributed by atoms with Crippen molar-refractivity contribution in [1.82, 2.24) is 19.8 Å². The summed E-state index contributed by atoms with van der Waals surface area (Å²) in [6, 6.07) is 6.93. The summed E-state index contributed by atoms with van der Waals surface area (Å²) in [6.07, 6.45) is 2.54. The first-order valence-corrected chi connectivity index (χ1v) is 10.3. The SMILES string of the molecule is Cc1ccc2c(C=C3Oc4c(ccc(O)c4CN4CCN(C(=O)O)CC4)C3=O)c[nH]c2n1. The number of Topliss-reactive ketones (excluding diaryl/α,β-unsaturated/α-hetero) is 1. The molecule has 1 fully saturated rings. The number of aromatic nitrogens is 2. The molecule has 2 aliphatic heterocycles. The number of nitrogens with zero attached hydrogens (tertiary/aromatic N) is 3. The molecule has 0 spiro atoms. The van der Waals surface area contributed by atoms with Gasteiger partial charge in [0.2, 0.25) is 5.78 Å². The van der Waals surface area contributed by atoms with E-state index in [4.69, 9.17) is 9.84 Å². The molecular formula is C23H22N4O5. The van der Waals surface area contributed by atoms with Gasteiger partial charge in [0.25, 0.3) is 0 Å². The van der Waals surface area contributed by atoms with Crippen LogP contribution >= 0.6 is 0 Å². The molecule has 0 atom stereocenters. The van der Waals surface area contributed by atoms with Gasteiger partial charge in [0.1, 0.15) is 17.1 Å². The summed E-state index contributed by atoms with van der Waals surface area (Å²) in [5.74, 6) is 0.344. The van der Waals surface area contributed by atoms with Crippen LogP contribution in [0.1, 0.15) is 27.2 Å². The smallest absolute Gasteiger partial charge is 0.407 e. The number of aromatic amines is 1. The molecule has 3 N–H and O–H groups in total. The molecule has 1 saturated heterocycles. The van der Waals surface area contributed by atoms with Crippen LogP contribution in [0.2, 0.25) is 0 Å². The number of carbonyl (C=O) groups is 2. The number of piperazine rings is 1. The summed E-state index contributed by atoms with van der Waals surface area (Å²) in [5.41, 5.74) is 3.35. The van der Waals surface area contributed by atoms with E-state index in [9.17, 15) is 14.7 Å². The minimum atomic E-state index is -0.931. The lowest BCUT2D eigenvalue weighted by Crippen LogP contribution is -2.47. The number of allylic oxidation sites excluding steroid dienone is 1. The summed E-state index contributed by atoms with van der Waals surface area (Å²) in [7, 11) is 0. The number of ether oxygens (including phenoxy) is 1. The predicted molar refractivity (Wildman–Crippen MR) is 117 cm³/mol. The lowest BCUT2D eigenvalue weighted by atomic mass is 10.0. The molecule has 0 radical (unpaired) electrons. The number of rotatable bonds is 3. The Morgan fingerprint density at radius 1 is 1.22 bits per heavy atom. The third-order valence-corrected chi connectivity index (χ3v) is 5.94. The number of carbonyl (C=O) groups excluding carboxylic acids is 1. The largest absolute Gasteiger partial charge is 0.507 e. The lowest BCUT2D eigenvalue weighted by Gasteiger charge is -2.33. The molecule has 2 aromatic heterocycles. The van der Waals surface area contributed by atoms with E-state index in [0.717, 1.165) is 22.3 Å². The molecule has 164 valence electrons. The molecule has 1 aromatic carbocycles. The van der Waals surface area contributed by atoms with Crippen LogP contribution in [0.15, 0.2) is 36.2 Å². The molecule has 1 amide bonds. The number of hydrogen-bond acceptors (Lipinski definition) is 6. The van der Waals surface area contributed by atoms with Gasteiger partial charge >= 0.3 is 6.09 Å². The zero-order valence-electron chi connectivity index (χ0n) is 17.5. The highest BCUT2D eigenvalue weighted by molar-refractivity contribution is 6.15. The third-order valence-electron chi connectivity index (χ3n) is 5.94. The molecule has 0 saturated carbocycles. The van der Waals surface area contributed by atoms with Gasteiger partial charge in [-0.1, -0.05) is 0 Å². The fourth-order valence-electron chi connectivity index (χ4n) is 4.15. The van der Waals surface area contributed by atoms with Crippen molar-refractivity contribution in [3.8, 4) is 11.5 Å². The topological polar surface area (TPSA) is 119 Å². The number of aromatic hydroxyl groups is 1. The maximum atomic E-state index is 13.0. The Morgan fingerprint density at radius 3 is 2.75 bits per heavy atom. The van der Waals surface area contributed by atoms with Gasteiger partial charge in [0.15, 0.2) is 5.76 Å². The Labute approximate surface area is 183 Å². The number of phenolic OH excluding ortho intramolecular Hbond substituents is 1. The molecule has 3 aromatic rings. The van der Waals surface area contributed by atoms with Crippen molar-refractivity contribution < 1.29 is 24.5 Å². The van der Waals surface area contributed by atoms with E-state index in [0.29, 0.717) is 49.6 Å². The highest BCUT2D eigenvalue weighted by atomic mass is 16.5. The summed E-state index contributed by atoms with van der Waals surface area (Å²) in [6.45, 7) is 4.13. The van der Waals surface area contributed by atoms with Gasteiger partial charge in [0, 0.05) is 55.6 Å². The van der Waals surface area contributed by atoms with Gasteiger partial charge < -0.3 is 24.8 Å². The van der Waals surface area contributed by atoms with E-state index in [2.05, 4.69) is 9.97 Å². The molecule has 4 heterocycles. The second-order valence-electron chi connectivity index (χ2n) is 8.02. The van der Waals surface area contributed by atoms with Crippen LogP contribution in [0, 0.1) is 6.92 Å². The van der Waals surface area contributed by atoms with Gasteiger partial charge in [-0.25, -0.2) is 9.78 Å². The van der Waals surface area contributed by atoms with E-state index in [1.54, 1.807) is 18.3 Å². The second kappa shape index (κ2) is 7.69. The van der Waals surface area contributed by atoms with Gasteiger partial charge in [0.05, 0.1) is 11.1 Å². The van der Waals surface area contributed by atoms with Crippen molar-refractivity contribution in [3.05, 3.63) is 58.6 Å². The van der Waals surface area contributed by atoms with Crippen LogP contribution in [0.4, 0.5) is 4.79 Å². The molecule has 0 bridgehead atoms. The lowest BCUT2D eigenvalue weighted by molar-refractivity contribution is 0.101. The van der Waals surface area contributed by atoms with Crippen LogP contribution in [0.25, 0.3) is 17.1 Å². The predicted octanol–water partition coefficient (Wildman–Crippen LogP) is 2.99. The summed E-state index contributed by atoms with van der Waals surface area (Å²) in [4.78, 5) is 35.1. The number of nitrogens with one attached hydrogen (secondary N) is 1. The van der Waals surface area contributed by atoms with Crippen molar-refractivity contribution in [2.45, 2.75) is 13.5 Å². The van der Waals surface area contributed by atoms with Crippen molar-refractivity contribution >= 4 is 29.0 Å². The van der Waals surface area contributed by atoms with Gasteiger partial charge in [-0.05, 0) is 37.3 Å². The third kappa shape index (κ3) is 3.46. The number of H-pyrrole nitrogens is 1. The number of ketones is 1. The molecule has 2 aliphatic rings. The second-order valence-corrected chi connectivity index (χ2v) is 8.02. The van der Waals surface area contributed by atoms with Crippen LogP contribution in [-0.2, 0) is 6.54 Å². The maximum absolute atomic E-state index is 13.0. The Kier molecular flexibility index (Phi) is 4.82. The van der Waals surface area contributed by atoms with E-state index in [-0.39, 0.29) is 17.3 Å². The fourth-order valence-corrected chi connectivity index (χ4v) is 4.15. The van der Waals surface area contributed by atoms with Crippen LogP contribution in [-0.4, -0.2) is 68.0 Å². The Bertz CT molecular complexity index is 1270. The summed E-state index contributed by atoms with van der Waals surface area (Å²) >= 11 is 0. The molecule has 9 heteroatoms. The Hall–Kier alpha value is -3.85. The van der Waals surface area contributed by atoms with Crippen molar-refractivity contribution in [3.63, 3.8) is 0 Å². The summed E-state index contributed by atoms with van der Waals surface area (Å²) in [5, 5.41) is 20.5. The van der Waals surface area contributed by atoms with Crippen LogP contribution in [0.3, 0.4) is 0 Å². The van der Waals surface area contributed by atoms with Crippen LogP contribution in [0.5, 0.6) is 11.5 Å². The highest BCUT2D eigenvalue weighted by Crippen LogP contribution is 2.40. The number of hydrogen-bond donors (Lipinski definition) is 3. The van der Waals surface area contributed by atoms with Crippen molar-refractivity contribution in [1.29, 1.82) is 0 Å². The quantitative estimate of drug-likeness (QED) is 0.542. The normalized spacial score (nSPS) is 17.7. The van der Waals surface area contributed by atoms with E-state index in [1.165, 1.54) is 11.0 Å². The number of phenols is 1. The number of fused-ring (bicyclic) bond motifs is 2. The number of benzene rings is 1. The standard InChI is InChI=1S/C23H22N4O5/c1-13-2-3-15-14(11-24-22(15)25-13)10-19-20(29)16-4-5-18(28)17(21(16)32-19)12-26-6-8-27(9-7-26)23(30)31/h2-5,10-11,28H,6-9,12H2,1H3,(H,24,25)(H,30,31). The van der Waals surface area contributed by atoms with Gasteiger partial charge in [-0.2, -0.15) is 0 Å². The first-order chi connectivity index (χ1) is 15.4. The number of carboxylic acid groups (broad SMARTS) is 1. The number of amides is 1. The van der Waals surface area contributed by atoms with Crippen LogP contribution < -0.4 is 4.74 Å². The van der Waals surface area contributed by atoms with Gasteiger partial charge in [-0.15, -0.1) is 0 Å². The zero-order valence-corrected chi connectivity index (χ0v) is 17.5. The van der Waals surface area contributed by atoms with Gasteiger partial charge in [-0.3, -0.25) is 9.69 Å². The zero-order chi connectivity index (χ0) is 22.4. The molecule has 0 aliphatic carbocycles. The average molecular weight is 434 g/mol. The maximum Gasteiger partial charge on any atom is 0.407 e. The van der Waals surface area contributed by atoms with E-state index >= 15 is 0 Å². The monoisotopic (exact) mass is 434 g/mol. The average Bonchev–Trinajstić information content (AvgIpc) is 3.31. The van der Waals surface area contributed by atoms with E-state index in [1.807, 2.05) is 24.0 Å². The summed E-state index contributed by atoms with van der Waals surface area (Å²) < 4.78 is 5.96. The first-order valence-electron chi connectivity index (χ1n) is 10.3. The molecule has 9 nitrogen and oxygen atoms in total. The minimum Gasteiger partial charge on any atom is -0.507 e. The fraction of sp³-hybridized carbons (Fsp3) is 0.261.